The molecule has 2 atom stereocenters. The molecule has 2 fully saturated rings. The zero-order valence-electron chi connectivity index (χ0n) is 10.8. The van der Waals surface area contributed by atoms with Gasteiger partial charge in [-0.25, -0.2) is 0 Å². The van der Waals surface area contributed by atoms with Gasteiger partial charge in [-0.3, -0.25) is 0 Å². The highest BCUT2D eigenvalue weighted by Gasteiger charge is 2.27. The van der Waals surface area contributed by atoms with Gasteiger partial charge < -0.3 is 10.6 Å². The monoisotopic (exact) mass is 224 g/mol. The van der Waals surface area contributed by atoms with Gasteiger partial charge in [-0.05, 0) is 31.7 Å². The van der Waals surface area contributed by atoms with Crippen LogP contribution >= 0.6 is 0 Å². The quantitative estimate of drug-likeness (QED) is 0.742. The first-order valence-corrected chi connectivity index (χ1v) is 7.27. The Morgan fingerprint density at radius 3 is 2.19 bits per heavy atom. The van der Waals surface area contributed by atoms with E-state index in [0.717, 1.165) is 6.04 Å². The predicted octanol–water partition coefficient (Wildman–Crippen LogP) is 2.77. The largest absolute Gasteiger partial charge is 0.327 e. The van der Waals surface area contributed by atoms with Crippen molar-refractivity contribution in [1.82, 2.24) is 4.90 Å². The standard InChI is InChI=1S/C14H28N2/c1-12-11-16(10-9-14(12)15)13-7-5-3-2-4-6-8-13/h12-14H,2-11,15H2,1H3. The van der Waals surface area contributed by atoms with Gasteiger partial charge in [0.2, 0.25) is 0 Å². The van der Waals surface area contributed by atoms with E-state index in [1.165, 1.54) is 64.5 Å². The van der Waals surface area contributed by atoms with Crippen molar-refractivity contribution in [2.24, 2.45) is 11.7 Å². The van der Waals surface area contributed by atoms with Gasteiger partial charge in [-0.2, -0.15) is 0 Å². The van der Waals surface area contributed by atoms with Gasteiger partial charge in [-0.15, -0.1) is 0 Å². The Labute approximate surface area is 101 Å². The van der Waals surface area contributed by atoms with Crippen LogP contribution in [0.1, 0.15) is 58.3 Å². The number of nitrogens with two attached hydrogens (primary N) is 1. The molecule has 0 bridgehead atoms. The molecule has 0 aromatic rings. The second-order valence-electron chi connectivity index (χ2n) is 5.92. The molecule has 2 aliphatic rings. The van der Waals surface area contributed by atoms with Crippen LogP contribution in [-0.4, -0.2) is 30.1 Å². The molecule has 2 heteroatoms. The molecule has 1 aliphatic heterocycles. The Kier molecular flexibility index (Phi) is 4.66. The van der Waals surface area contributed by atoms with E-state index < -0.39 is 0 Å². The van der Waals surface area contributed by atoms with Crippen molar-refractivity contribution < 1.29 is 0 Å². The summed E-state index contributed by atoms with van der Waals surface area (Å²) < 4.78 is 0. The van der Waals surface area contributed by atoms with E-state index in [0.29, 0.717) is 12.0 Å². The summed E-state index contributed by atoms with van der Waals surface area (Å²) in [5.41, 5.74) is 6.10. The van der Waals surface area contributed by atoms with E-state index >= 15 is 0 Å². The van der Waals surface area contributed by atoms with E-state index in [4.69, 9.17) is 5.73 Å². The van der Waals surface area contributed by atoms with Crippen LogP contribution in [0.3, 0.4) is 0 Å². The topological polar surface area (TPSA) is 29.3 Å². The van der Waals surface area contributed by atoms with Gasteiger partial charge in [0, 0.05) is 18.6 Å². The molecule has 1 aliphatic carbocycles. The van der Waals surface area contributed by atoms with Crippen LogP contribution in [-0.2, 0) is 0 Å². The smallest absolute Gasteiger partial charge is 0.00953 e. The van der Waals surface area contributed by atoms with E-state index in [1.54, 1.807) is 0 Å². The molecule has 1 saturated carbocycles. The van der Waals surface area contributed by atoms with Crippen molar-refractivity contribution in [3.8, 4) is 0 Å². The summed E-state index contributed by atoms with van der Waals surface area (Å²) in [5.74, 6) is 0.694. The van der Waals surface area contributed by atoms with Gasteiger partial charge in [0.15, 0.2) is 0 Å². The Hall–Kier alpha value is -0.0800. The van der Waals surface area contributed by atoms with Crippen molar-refractivity contribution in [3.05, 3.63) is 0 Å². The molecular weight excluding hydrogens is 196 g/mol. The molecule has 1 heterocycles. The fourth-order valence-electron chi connectivity index (χ4n) is 3.33. The molecule has 94 valence electrons. The highest BCUT2D eigenvalue weighted by atomic mass is 15.2. The summed E-state index contributed by atoms with van der Waals surface area (Å²) in [5, 5.41) is 0. The van der Waals surface area contributed by atoms with Crippen LogP contribution in [0.5, 0.6) is 0 Å². The predicted molar refractivity (Wildman–Crippen MR) is 69.4 cm³/mol. The Morgan fingerprint density at radius 2 is 1.56 bits per heavy atom. The number of hydrogen-bond acceptors (Lipinski definition) is 2. The molecule has 0 aromatic carbocycles. The number of piperidine rings is 1. The van der Waals surface area contributed by atoms with Crippen LogP contribution in [0.4, 0.5) is 0 Å². The van der Waals surface area contributed by atoms with Gasteiger partial charge in [0.1, 0.15) is 0 Å². The molecule has 0 aromatic heterocycles. The average molecular weight is 224 g/mol. The van der Waals surface area contributed by atoms with Gasteiger partial charge in [-0.1, -0.05) is 39.0 Å². The zero-order chi connectivity index (χ0) is 11.4. The fraction of sp³-hybridized carbons (Fsp3) is 1.00. The highest BCUT2D eigenvalue weighted by molar-refractivity contribution is 4.84. The van der Waals surface area contributed by atoms with Crippen LogP contribution < -0.4 is 5.73 Å². The first-order chi connectivity index (χ1) is 7.77. The summed E-state index contributed by atoms with van der Waals surface area (Å²) in [7, 11) is 0. The van der Waals surface area contributed by atoms with Gasteiger partial charge in [0.05, 0.1) is 0 Å². The minimum Gasteiger partial charge on any atom is -0.327 e. The van der Waals surface area contributed by atoms with Crippen LogP contribution in [0.2, 0.25) is 0 Å². The molecule has 16 heavy (non-hydrogen) atoms. The molecule has 0 spiro atoms. The average Bonchev–Trinajstić information content (AvgIpc) is 2.22. The Morgan fingerprint density at radius 1 is 0.938 bits per heavy atom. The summed E-state index contributed by atoms with van der Waals surface area (Å²) in [6, 6.07) is 1.32. The second-order valence-corrected chi connectivity index (χ2v) is 5.92. The first kappa shape index (κ1) is 12.4. The van der Waals surface area contributed by atoms with E-state index in [2.05, 4.69) is 11.8 Å². The molecule has 0 radical (unpaired) electrons. The molecule has 2 unspecified atom stereocenters. The third-order valence-corrected chi connectivity index (χ3v) is 4.59. The Balaban J connectivity index is 1.85. The lowest BCUT2D eigenvalue weighted by atomic mass is 9.90. The molecule has 2 nitrogen and oxygen atoms in total. The van der Waals surface area contributed by atoms with Crippen molar-refractivity contribution in [2.75, 3.05) is 13.1 Å². The van der Waals surface area contributed by atoms with E-state index in [1.807, 2.05) is 0 Å². The normalized spacial score (nSPS) is 35.6. The maximum atomic E-state index is 6.10. The van der Waals surface area contributed by atoms with Gasteiger partial charge in [0.25, 0.3) is 0 Å². The number of nitrogens with zero attached hydrogens (tertiary/aromatic N) is 1. The lowest BCUT2D eigenvalue weighted by molar-refractivity contribution is 0.0991. The summed E-state index contributed by atoms with van der Waals surface area (Å²) >= 11 is 0. The van der Waals surface area contributed by atoms with Crippen LogP contribution in [0.15, 0.2) is 0 Å². The first-order valence-electron chi connectivity index (χ1n) is 7.27. The summed E-state index contributed by atoms with van der Waals surface area (Å²) in [6.45, 7) is 4.81. The maximum Gasteiger partial charge on any atom is 0.00953 e. The molecule has 2 rings (SSSR count). The summed E-state index contributed by atoms with van der Waals surface area (Å²) in [6.07, 6.45) is 11.3. The van der Waals surface area contributed by atoms with Crippen molar-refractivity contribution >= 4 is 0 Å². The molecule has 2 N–H and O–H groups in total. The SMILES string of the molecule is CC1CN(C2CCCCCCC2)CCC1N. The van der Waals surface area contributed by atoms with Crippen molar-refractivity contribution in [2.45, 2.75) is 70.4 Å². The highest BCUT2D eigenvalue weighted by Crippen LogP contribution is 2.25. The third kappa shape index (κ3) is 3.21. The summed E-state index contributed by atoms with van der Waals surface area (Å²) in [4.78, 5) is 2.74. The second kappa shape index (κ2) is 6.02. The van der Waals surface area contributed by atoms with E-state index in [-0.39, 0.29) is 0 Å². The maximum absolute atomic E-state index is 6.10. The van der Waals surface area contributed by atoms with Crippen LogP contribution in [0, 0.1) is 5.92 Å². The number of likely N-dealkylation sites (tertiary alicyclic amines) is 1. The van der Waals surface area contributed by atoms with Crippen molar-refractivity contribution in [1.29, 1.82) is 0 Å². The van der Waals surface area contributed by atoms with Gasteiger partial charge >= 0.3 is 0 Å². The minimum absolute atomic E-state index is 0.449. The molecule has 0 amide bonds. The van der Waals surface area contributed by atoms with Crippen molar-refractivity contribution in [3.63, 3.8) is 0 Å². The zero-order valence-corrected chi connectivity index (χ0v) is 10.8. The lowest BCUT2D eigenvalue weighted by Gasteiger charge is -2.40. The molecular formula is C14H28N2. The minimum atomic E-state index is 0.449. The molecule has 1 saturated heterocycles. The fourth-order valence-corrected chi connectivity index (χ4v) is 3.33. The third-order valence-electron chi connectivity index (χ3n) is 4.59. The van der Waals surface area contributed by atoms with E-state index in [9.17, 15) is 0 Å². The van der Waals surface area contributed by atoms with Crippen LogP contribution in [0.25, 0.3) is 0 Å². The number of rotatable bonds is 1. The Bertz CT molecular complexity index is 194. The lowest BCUT2D eigenvalue weighted by Crippen LogP contribution is -2.49. The number of hydrogen-bond donors (Lipinski definition) is 1.